The highest BCUT2D eigenvalue weighted by Gasteiger charge is 2.20. The van der Waals surface area contributed by atoms with Gasteiger partial charge >= 0.3 is 12.0 Å². The van der Waals surface area contributed by atoms with Gasteiger partial charge < -0.3 is 15.7 Å². The highest BCUT2D eigenvalue weighted by molar-refractivity contribution is 5.88. The Kier molecular flexibility index (Phi) is 5.77. The molecule has 0 aromatic heterocycles. The van der Waals surface area contributed by atoms with Crippen LogP contribution in [0.4, 0.5) is 4.79 Å². The second-order valence-electron chi connectivity index (χ2n) is 2.94. The smallest absolute Gasteiger partial charge is 0.326 e. The maximum absolute atomic E-state index is 11.1. The Morgan fingerprint density at radius 2 is 2.07 bits per heavy atom. The normalized spacial score (nSPS) is 11.3. The Bertz CT molecular complexity index is 275. The zero-order valence-corrected chi connectivity index (χ0v) is 8.45. The molecule has 84 valence electrons. The second-order valence-corrected chi connectivity index (χ2v) is 2.94. The van der Waals surface area contributed by atoms with Crippen LogP contribution >= 0.6 is 0 Å². The van der Waals surface area contributed by atoms with Crippen molar-refractivity contribution < 1.29 is 19.5 Å². The lowest BCUT2D eigenvalue weighted by Gasteiger charge is -2.12. The summed E-state index contributed by atoms with van der Waals surface area (Å²) in [5, 5.41) is 13.2. The van der Waals surface area contributed by atoms with Crippen LogP contribution in [0.3, 0.4) is 0 Å². The Hall–Kier alpha value is -1.85. The summed E-state index contributed by atoms with van der Waals surface area (Å²) in [6.07, 6.45) is 1.23. The molecule has 0 radical (unpaired) electrons. The van der Waals surface area contributed by atoms with E-state index >= 15 is 0 Å². The van der Waals surface area contributed by atoms with Crippen LogP contribution in [-0.2, 0) is 9.59 Å². The van der Waals surface area contributed by atoms with E-state index < -0.39 is 18.0 Å². The van der Waals surface area contributed by atoms with Gasteiger partial charge in [0.2, 0.25) is 0 Å². The fourth-order valence-electron chi connectivity index (χ4n) is 0.862. The Morgan fingerprint density at radius 3 is 2.47 bits per heavy atom. The average molecular weight is 214 g/mol. The van der Waals surface area contributed by atoms with Crippen molar-refractivity contribution in [3.63, 3.8) is 0 Å². The van der Waals surface area contributed by atoms with E-state index in [2.05, 4.69) is 17.2 Å². The molecule has 3 N–H and O–H groups in total. The summed E-state index contributed by atoms with van der Waals surface area (Å²) in [4.78, 5) is 32.4. The van der Waals surface area contributed by atoms with Gasteiger partial charge in [-0.05, 0) is 6.92 Å². The van der Waals surface area contributed by atoms with Crippen LogP contribution in [0.1, 0.15) is 13.3 Å². The summed E-state index contributed by atoms with van der Waals surface area (Å²) in [6.45, 7) is 4.88. The maximum Gasteiger partial charge on any atom is 0.326 e. The quantitative estimate of drug-likeness (QED) is 0.538. The lowest BCUT2D eigenvalue weighted by Crippen LogP contribution is -2.46. The van der Waals surface area contributed by atoms with E-state index in [1.165, 1.54) is 13.0 Å². The third kappa shape index (κ3) is 6.25. The summed E-state index contributed by atoms with van der Waals surface area (Å²) in [7, 11) is 0. The van der Waals surface area contributed by atoms with E-state index in [0.29, 0.717) is 0 Å². The van der Waals surface area contributed by atoms with Crippen molar-refractivity contribution in [2.45, 2.75) is 19.4 Å². The first-order chi connectivity index (χ1) is 6.97. The lowest BCUT2D eigenvalue weighted by molar-refractivity contribution is -0.140. The minimum Gasteiger partial charge on any atom is -0.480 e. The van der Waals surface area contributed by atoms with Crippen molar-refractivity contribution >= 4 is 17.8 Å². The molecule has 0 spiro atoms. The van der Waals surface area contributed by atoms with Gasteiger partial charge in [0.1, 0.15) is 11.8 Å². The minimum absolute atomic E-state index is 0.225. The molecule has 6 nitrogen and oxygen atoms in total. The molecule has 1 unspecified atom stereocenters. The number of carboxylic acids is 1. The van der Waals surface area contributed by atoms with Crippen LogP contribution in [0.15, 0.2) is 12.7 Å². The molecular weight excluding hydrogens is 200 g/mol. The fourth-order valence-corrected chi connectivity index (χ4v) is 0.862. The number of hydrogen-bond acceptors (Lipinski definition) is 3. The van der Waals surface area contributed by atoms with Crippen molar-refractivity contribution in [2.75, 3.05) is 6.54 Å². The number of ketones is 1. The molecule has 1 atom stereocenters. The van der Waals surface area contributed by atoms with E-state index in [4.69, 9.17) is 5.11 Å². The molecule has 15 heavy (non-hydrogen) atoms. The molecule has 0 aliphatic rings. The van der Waals surface area contributed by atoms with Gasteiger partial charge in [-0.1, -0.05) is 6.08 Å². The summed E-state index contributed by atoms with van der Waals surface area (Å²) in [5.74, 6) is -1.54. The number of hydrogen-bond donors (Lipinski definition) is 3. The molecule has 2 amide bonds. The largest absolute Gasteiger partial charge is 0.480 e. The molecule has 0 rings (SSSR count). The molecule has 0 aliphatic carbocycles. The maximum atomic E-state index is 11.1. The zero-order valence-electron chi connectivity index (χ0n) is 8.45. The van der Waals surface area contributed by atoms with Gasteiger partial charge in [0.15, 0.2) is 0 Å². The van der Waals surface area contributed by atoms with Gasteiger partial charge in [-0.2, -0.15) is 0 Å². The fraction of sp³-hybridized carbons (Fsp3) is 0.444. The third-order valence-corrected chi connectivity index (χ3v) is 1.50. The molecule has 0 aliphatic heterocycles. The first kappa shape index (κ1) is 13.2. The summed E-state index contributed by atoms with van der Waals surface area (Å²) >= 11 is 0. The van der Waals surface area contributed by atoms with Gasteiger partial charge in [-0.25, -0.2) is 9.59 Å². The number of carboxylic acid groups (broad SMARTS) is 1. The number of carbonyl (C=O) groups is 3. The predicted octanol–water partition coefficient (Wildman–Crippen LogP) is -0.0961. The summed E-state index contributed by atoms with van der Waals surface area (Å²) in [5.41, 5.74) is 0. The van der Waals surface area contributed by atoms with E-state index in [1.807, 2.05) is 0 Å². The zero-order chi connectivity index (χ0) is 11.8. The van der Waals surface area contributed by atoms with Gasteiger partial charge in [0, 0.05) is 13.0 Å². The van der Waals surface area contributed by atoms with Gasteiger partial charge in [-0.15, -0.1) is 6.58 Å². The number of nitrogens with one attached hydrogen (secondary N) is 2. The molecular formula is C9H14N2O4. The molecule has 0 saturated heterocycles. The number of rotatable bonds is 6. The Labute approximate surface area is 87.3 Å². The number of aliphatic carboxylic acids is 1. The van der Waals surface area contributed by atoms with E-state index in [1.54, 1.807) is 0 Å². The first-order valence-electron chi connectivity index (χ1n) is 4.35. The molecule has 6 heteroatoms. The minimum atomic E-state index is -1.24. The van der Waals surface area contributed by atoms with Crippen molar-refractivity contribution in [2.24, 2.45) is 0 Å². The highest BCUT2D eigenvalue weighted by atomic mass is 16.4. The van der Waals surface area contributed by atoms with Crippen LogP contribution in [-0.4, -0.2) is 35.5 Å². The number of Topliss-reactive ketones (excluding diaryl/α,β-unsaturated/α-hetero) is 1. The Balaban J connectivity index is 4.16. The second kappa shape index (κ2) is 6.58. The predicted molar refractivity (Wildman–Crippen MR) is 53.5 cm³/mol. The molecule has 0 heterocycles. The highest BCUT2D eigenvalue weighted by Crippen LogP contribution is 1.93. The third-order valence-electron chi connectivity index (χ3n) is 1.50. The SMILES string of the molecule is C=CCNC(=O)NC(CC(C)=O)C(=O)O. The molecule has 0 aromatic carbocycles. The molecule has 0 saturated carbocycles. The van der Waals surface area contributed by atoms with Crippen molar-refractivity contribution in [3.05, 3.63) is 12.7 Å². The lowest BCUT2D eigenvalue weighted by atomic mass is 10.1. The Morgan fingerprint density at radius 1 is 1.47 bits per heavy atom. The first-order valence-corrected chi connectivity index (χ1v) is 4.35. The van der Waals surface area contributed by atoms with Gasteiger partial charge in [-0.3, -0.25) is 4.79 Å². The molecule has 0 fully saturated rings. The van der Waals surface area contributed by atoms with Crippen LogP contribution in [0, 0.1) is 0 Å². The van der Waals surface area contributed by atoms with Crippen LogP contribution in [0.25, 0.3) is 0 Å². The number of amides is 2. The number of carbonyl (C=O) groups excluding carboxylic acids is 2. The summed E-state index contributed by atoms with van der Waals surface area (Å²) < 4.78 is 0. The van der Waals surface area contributed by atoms with Crippen molar-refractivity contribution in [1.82, 2.24) is 10.6 Å². The molecule has 0 aromatic rings. The van der Waals surface area contributed by atoms with E-state index in [9.17, 15) is 14.4 Å². The summed E-state index contributed by atoms with van der Waals surface area (Å²) in [6, 6.07) is -1.82. The van der Waals surface area contributed by atoms with E-state index in [0.717, 1.165) is 0 Å². The van der Waals surface area contributed by atoms with Gasteiger partial charge in [0.05, 0.1) is 0 Å². The van der Waals surface area contributed by atoms with Crippen LogP contribution in [0.2, 0.25) is 0 Å². The van der Waals surface area contributed by atoms with Crippen molar-refractivity contribution in [1.29, 1.82) is 0 Å². The molecule has 0 bridgehead atoms. The van der Waals surface area contributed by atoms with Crippen molar-refractivity contribution in [3.8, 4) is 0 Å². The van der Waals surface area contributed by atoms with Crippen LogP contribution < -0.4 is 10.6 Å². The van der Waals surface area contributed by atoms with Gasteiger partial charge in [0.25, 0.3) is 0 Å². The van der Waals surface area contributed by atoms with E-state index in [-0.39, 0.29) is 18.7 Å². The monoisotopic (exact) mass is 214 g/mol. The standard InChI is InChI=1S/C9H14N2O4/c1-3-4-10-9(15)11-7(8(13)14)5-6(2)12/h3,7H,1,4-5H2,2H3,(H,13,14)(H2,10,11,15). The number of urea groups is 1. The van der Waals surface area contributed by atoms with Crippen LogP contribution in [0.5, 0.6) is 0 Å². The topological polar surface area (TPSA) is 95.5 Å². The average Bonchev–Trinajstić information content (AvgIpc) is 2.12.